The van der Waals surface area contributed by atoms with Gasteiger partial charge in [-0.25, -0.2) is 0 Å². The molecule has 1 aliphatic rings. The van der Waals surface area contributed by atoms with E-state index in [-0.39, 0.29) is 6.10 Å². The van der Waals surface area contributed by atoms with E-state index in [1.165, 1.54) is 5.69 Å². The minimum Gasteiger partial charge on any atom is -0.393 e. The zero-order valence-corrected chi connectivity index (χ0v) is 7.98. The van der Waals surface area contributed by atoms with Crippen LogP contribution >= 0.6 is 0 Å². The number of aliphatic hydroxyl groups is 1. The van der Waals surface area contributed by atoms with E-state index < -0.39 is 0 Å². The zero-order chi connectivity index (χ0) is 9.26. The highest BCUT2D eigenvalue weighted by Gasteiger charge is 2.22. The third-order valence-electron chi connectivity index (χ3n) is 2.97. The Labute approximate surface area is 78.4 Å². The first-order chi connectivity index (χ1) is 6.27. The first-order valence-corrected chi connectivity index (χ1v) is 4.93. The molecule has 3 heteroatoms. The van der Waals surface area contributed by atoms with Gasteiger partial charge in [0.05, 0.1) is 6.10 Å². The van der Waals surface area contributed by atoms with Gasteiger partial charge in [0.1, 0.15) is 0 Å². The van der Waals surface area contributed by atoms with Crippen molar-refractivity contribution >= 4 is 0 Å². The number of nitrogens with zero attached hydrogens (tertiary/aromatic N) is 2. The molecule has 72 valence electrons. The molecule has 0 amide bonds. The lowest BCUT2D eigenvalue weighted by Gasteiger charge is -2.25. The Morgan fingerprint density at radius 2 is 2.08 bits per heavy atom. The molecule has 0 spiro atoms. The van der Waals surface area contributed by atoms with Crippen molar-refractivity contribution in [1.82, 2.24) is 9.78 Å². The molecule has 1 heterocycles. The third kappa shape index (κ3) is 1.75. The minimum absolute atomic E-state index is 0.0653. The first kappa shape index (κ1) is 8.75. The van der Waals surface area contributed by atoms with Crippen molar-refractivity contribution < 1.29 is 5.11 Å². The maximum atomic E-state index is 9.37. The van der Waals surface area contributed by atoms with Gasteiger partial charge in [0.25, 0.3) is 0 Å². The molecule has 0 aromatic carbocycles. The van der Waals surface area contributed by atoms with E-state index in [1.807, 2.05) is 17.9 Å². The summed E-state index contributed by atoms with van der Waals surface area (Å²) in [6, 6.07) is 2.09. The van der Waals surface area contributed by atoms with Gasteiger partial charge in [-0.2, -0.15) is 5.10 Å². The molecule has 1 fully saturated rings. The van der Waals surface area contributed by atoms with Crippen molar-refractivity contribution in [1.29, 1.82) is 0 Å². The van der Waals surface area contributed by atoms with Crippen molar-refractivity contribution in [3.63, 3.8) is 0 Å². The molecule has 0 radical (unpaired) electrons. The van der Waals surface area contributed by atoms with Crippen LogP contribution in [-0.4, -0.2) is 21.0 Å². The predicted molar refractivity (Wildman–Crippen MR) is 50.4 cm³/mol. The van der Waals surface area contributed by atoms with Gasteiger partial charge >= 0.3 is 0 Å². The highest BCUT2D eigenvalue weighted by molar-refractivity contribution is 5.08. The Kier molecular flexibility index (Phi) is 2.36. The molecule has 1 aromatic heterocycles. The summed E-state index contributed by atoms with van der Waals surface area (Å²) in [6.45, 7) is 0. The summed E-state index contributed by atoms with van der Waals surface area (Å²) in [7, 11) is 1.99. The molecule has 3 nitrogen and oxygen atoms in total. The van der Waals surface area contributed by atoms with Crippen LogP contribution in [0.15, 0.2) is 12.3 Å². The van der Waals surface area contributed by atoms with Gasteiger partial charge in [0.15, 0.2) is 0 Å². The first-order valence-electron chi connectivity index (χ1n) is 4.93. The number of hydrogen-bond acceptors (Lipinski definition) is 2. The second kappa shape index (κ2) is 3.50. The Morgan fingerprint density at radius 3 is 2.62 bits per heavy atom. The second-order valence-electron chi connectivity index (χ2n) is 3.89. The number of aryl methyl sites for hydroxylation is 1. The molecule has 13 heavy (non-hydrogen) atoms. The smallest absolute Gasteiger partial charge is 0.0540 e. The van der Waals surface area contributed by atoms with E-state index in [9.17, 15) is 5.11 Å². The fourth-order valence-corrected chi connectivity index (χ4v) is 2.16. The van der Waals surface area contributed by atoms with Crippen molar-refractivity contribution in [2.45, 2.75) is 37.7 Å². The molecule has 1 aliphatic carbocycles. The van der Waals surface area contributed by atoms with Crippen LogP contribution in [0, 0.1) is 0 Å². The van der Waals surface area contributed by atoms with Crippen molar-refractivity contribution in [3.8, 4) is 0 Å². The topological polar surface area (TPSA) is 38.0 Å². The van der Waals surface area contributed by atoms with Crippen LogP contribution in [0.5, 0.6) is 0 Å². The summed E-state index contributed by atoms with van der Waals surface area (Å²) < 4.78 is 1.95. The molecule has 0 bridgehead atoms. The van der Waals surface area contributed by atoms with Crippen LogP contribution in [0.25, 0.3) is 0 Å². The fraction of sp³-hybridized carbons (Fsp3) is 0.700. The van der Waals surface area contributed by atoms with Crippen molar-refractivity contribution in [2.24, 2.45) is 7.05 Å². The molecule has 1 N–H and O–H groups in total. The van der Waals surface area contributed by atoms with E-state index in [1.54, 1.807) is 0 Å². The maximum Gasteiger partial charge on any atom is 0.0540 e. The minimum atomic E-state index is -0.0653. The van der Waals surface area contributed by atoms with E-state index in [4.69, 9.17) is 0 Å². The van der Waals surface area contributed by atoms with Crippen LogP contribution in [0.3, 0.4) is 0 Å². The Hall–Kier alpha value is -0.830. The molecule has 0 atom stereocenters. The number of aliphatic hydroxyl groups excluding tert-OH is 1. The molecule has 1 aromatic rings. The number of rotatable bonds is 1. The maximum absolute atomic E-state index is 9.37. The highest BCUT2D eigenvalue weighted by Crippen LogP contribution is 2.32. The van der Waals surface area contributed by atoms with E-state index in [2.05, 4.69) is 11.2 Å². The van der Waals surface area contributed by atoms with Gasteiger partial charge in [-0.1, -0.05) is 0 Å². The predicted octanol–water partition coefficient (Wildman–Crippen LogP) is 1.44. The van der Waals surface area contributed by atoms with Gasteiger partial charge in [0.2, 0.25) is 0 Å². The standard InChI is InChI=1S/C10H16N2O/c1-12-10(6-7-11-12)8-2-4-9(13)5-3-8/h6-9,13H,2-5H2,1H3. The Bertz CT molecular complexity index is 274. The normalized spacial score (nSPS) is 29.1. The van der Waals surface area contributed by atoms with Crippen LogP contribution in [-0.2, 0) is 7.05 Å². The fourth-order valence-electron chi connectivity index (χ4n) is 2.16. The monoisotopic (exact) mass is 180 g/mol. The second-order valence-corrected chi connectivity index (χ2v) is 3.89. The van der Waals surface area contributed by atoms with E-state index in [0.717, 1.165) is 25.7 Å². The Balaban J connectivity index is 2.06. The van der Waals surface area contributed by atoms with Gasteiger partial charge in [-0.3, -0.25) is 4.68 Å². The average molecular weight is 180 g/mol. The van der Waals surface area contributed by atoms with Crippen LogP contribution in [0.4, 0.5) is 0 Å². The number of hydrogen-bond donors (Lipinski definition) is 1. The van der Waals surface area contributed by atoms with Gasteiger partial charge in [0, 0.05) is 24.9 Å². The summed E-state index contributed by atoms with van der Waals surface area (Å²) in [5, 5.41) is 13.5. The summed E-state index contributed by atoms with van der Waals surface area (Å²) >= 11 is 0. The van der Waals surface area contributed by atoms with Crippen molar-refractivity contribution in [2.75, 3.05) is 0 Å². The molecule has 1 saturated carbocycles. The highest BCUT2D eigenvalue weighted by atomic mass is 16.3. The van der Waals surface area contributed by atoms with Gasteiger partial charge in [-0.15, -0.1) is 0 Å². The molecule has 0 saturated heterocycles. The van der Waals surface area contributed by atoms with E-state index >= 15 is 0 Å². The lowest BCUT2D eigenvalue weighted by molar-refractivity contribution is 0.121. The molecule has 0 aliphatic heterocycles. The van der Waals surface area contributed by atoms with Gasteiger partial charge < -0.3 is 5.11 Å². The van der Waals surface area contributed by atoms with Crippen molar-refractivity contribution in [3.05, 3.63) is 18.0 Å². The average Bonchev–Trinajstić information content (AvgIpc) is 2.53. The largest absolute Gasteiger partial charge is 0.393 e. The number of aromatic nitrogens is 2. The lowest BCUT2D eigenvalue weighted by atomic mass is 9.85. The molecule has 0 unspecified atom stereocenters. The zero-order valence-electron chi connectivity index (χ0n) is 7.98. The molecular formula is C10H16N2O. The SMILES string of the molecule is Cn1nccc1C1CCC(O)CC1. The lowest BCUT2D eigenvalue weighted by Crippen LogP contribution is -2.18. The summed E-state index contributed by atoms with van der Waals surface area (Å²) in [5.41, 5.74) is 1.31. The quantitative estimate of drug-likeness (QED) is 0.710. The van der Waals surface area contributed by atoms with E-state index in [0.29, 0.717) is 5.92 Å². The summed E-state index contributed by atoms with van der Waals surface area (Å²) in [6.07, 6.45) is 5.86. The third-order valence-corrected chi connectivity index (χ3v) is 2.97. The van der Waals surface area contributed by atoms with Crippen LogP contribution in [0.1, 0.15) is 37.3 Å². The summed E-state index contributed by atoms with van der Waals surface area (Å²) in [4.78, 5) is 0. The summed E-state index contributed by atoms with van der Waals surface area (Å²) in [5.74, 6) is 0.607. The molecular weight excluding hydrogens is 164 g/mol. The molecule has 2 rings (SSSR count). The van der Waals surface area contributed by atoms with Crippen LogP contribution in [0.2, 0.25) is 0 Å². The van der Waals surface area contributed by atoms with Gasteiger partial charge in [-0.05, 0) is 31.7 Å². The van der Waals surface area contributed by atoms with Crippen LogP contribution < -0.4 is 0 Å². The Morgan fingerprint density at radius 1 is 1.38 bits per heavy atom.